The fraction of sp³-hybridized carbons (Fsp3) is 0.176. The van der Waals surface area contributed by atoms with Gasteiger partial charge in [-0.1, -0.05) is 45.7 Å². The summed E-state index contributed by atoms with van der Waals surface area (Å²) in [5, 5.41) is 0. The molecule has 0 saturated heterocycles. The summed E-state index contributed by atoms with van der Waals surface area (Å²) in [6.07, 6.45) is 1.63. The van der Waals surface area contributed by atoms with Gasteiger partial charge in [0.05, 0.1) is 9.79 Å². The minimum atomic E-state index is -4.03. The van der Waals surface area contributed by atoms with Crippen molar-refractivity contribution in [3.63, 3.8) is 0 Å². The molecule has 0 amide bonds. The van der Waals surface area contributed by atoms with Gasteiger partial charge < -0.3 is 0 Å². The predicted molar refractivity (Wildman–Crippen MR) is 93.1 cm³/mol. The minimum absolute atomic E-state index is 0.0376. The van der Waals surface area contributed by atoms with Gasteiger partial charge in [-0.05, 0) is 45.0 Å². The van der Waals surface area contributed by atoms with E-state index in [1.807, 2.05) is 6.92 Å². The molecule has 0 spiro atoms. The van der Waals surface area contributed by atoms with Crippen LogP contribution < -0.4 is 0 Å². The highest BCUT2D eigenvalue weighted by Crippen LogP contribution is 2.25. The van der Waals surface area contributed by atoms with Gasteiger partial charge in [0.25, 0.3) is 10.0 Å². The van der Waals surface area contributed by atoms with Crippen molar-refractivity contribution in [3.05, 3.63) is 71.1 Å². The maximum atomic E-state index is 13.4. The number of aryl methyl sites for hydroxylation is 1. The Morgan fingerprint density at radius 3 is 2.00 bits per heavy atom. The second kappa shape index (κ2) is 6.68. The zero-order valence-electron chi connectivity index (χ0n) is 13.3. The van der Waals surface area contributed by atoms with E-state index in [1.54, 1.807) is 62.4 Å². The number of hydrogen-bond acceptors (Lipinski definition) is 3. The standard InChI is InChI=1S/C17H19NO3S2/c1-4-15(3)22(19,16-8-6-5-7-9-16)18-23(20,21)17-12-10-14(2)11-13-17/h4-13H,1-3H3/b15-4+. The van der Waals surface area contributed by atoms with Crippen LogP contribution in [0.1, 0.15) is 19.4 Å². The highest BCUT2D eigenvalue weighted by Gasteiger charge is 2.21. The molecule has 0 N–H and O–H groups in total. The molecule has 0 aliphatic heterocycles. The number of sulfonamides is 1. The summed E-state index contributed by atoms with van der Waals surface area (Å²) in [5.74, 6) is 0. The van der Waals surface area contributed by atoms with Crippen molar-refractivity contribution in [1.29, 1.82) is 0 Å². The molecule has 6 heteroatoms. The number of nitrogens with zero attached hydrogens (tertiary/aromatic N) is 1. The highest BCUT2D eigenvalue weighted by molar-refractivity contribution is 8.05. The van der Waals surface area contributed by atoms with E-state index in [9.17, 15) is 12.6 Å². The Bertz CT molecular complexity index is 935. The molecule has 23 heavy (non-hydrogen) atoms. The first kappa shape index (κ1) is 17.4. The third-order valence-electron chi connectivity index (χ3n) is 3.43. The summed E-state index contributed by atoms with van der Waals surface area (Å²) in [7, 11) is -7.24. The van der Waals surface area contributed by atoms with Crippen molar-refractivity contribution in [2.75, 3.05) is 0 Å². The third kappa shape index (κ3) is 3.71. The first-order valence-electron chi connectivity index (χ1n) is 7.08. The Balaban J connectivity index is 2.72. The topological polar surface area (TPSA) is 63.6 Å². The monoisotopic (exact) mass is 349 g/mol. The van der Waals surface area contributed by atoms with Crippen molar-refractivity contribution < 1.29 is 12.6 Å². The van der Waals surface area contributed by atoms with Crippen molar-refractivity contribution in [2.45, 2.75) is 30.6 Å². The molecule has 1 atom stereocenters. The largest absolute Gasteiger partial charge is 0.290 e. The van der Waals surface area contributed by atoms with Gasteiger partial charge in [-0.3, -0.25) is 0 Å². The van der Waals surface area contributed by atoms with Crippen LogP contribution in [0.4, 0.5) is 0 Å². The van der Waals surface area contributed by atoms with Crippen LogP contribution in [-0.4, -0.2) is 12.6 Å². The average molecular weight is 349 g/mol. The van der Waals surface area contributed by atoms with E-state index in [-0.39, 0.29) is 4.90 Å². The fourth-order valence-electron chi connectivity index (χ4n) is 1.94. The lowest BCUT2D eigenvalue weighted by atomic mass is 10.2. The molecular weight excluding hydrogens is 330 g/mol. The van der Waals surface area contributed by atoms with E-state index in [2.05, 4.69) is 3.77 Å². The van der Waals surface area contributed by atoms with Gasteiger partial charge in [0.2, 0.25) is 0 Å². The molecular formula is C17H19NO3S2. The molecule has 0 bridgehead atoms. The van der Waals surface area contributed by atoms with Crippen LogP contribution in [0, 0.1) is 6.92 Å². The molecule has 0 radical (unpaired) electrons. The van der Waals surface area contributed by atoms with Crippen LogP contribution in [-0.2, 0) is 19.8 Å². The van der Waals surface area contributed by atoms with Gasteiger partial charge in [-0.2, -0.15) is 8.42 Å². The summed E-state index contributed by atoms with van der Waals surface area (Å²) in [6.45, 7) is 5.21. The van der Waals surface area contributed by atoms with Crippen molar-refractivity contribution in [2.24, 2.45) is 3.77 Å². The molecule has 0 aromatic heterocycles. The Kier molecular flexibility index (Phi) is 5.06. The second-order valence-corrected chi connectivity index (χ2v) is 9.29. The first-order valence-corrected chi connectivity index (χ1v) is 10.0. The molecule has 1 unspecified atom stereocenters. The smallest absolute Gasteiger partial charge is 0.239 e. The van der Waals surface area contributed by atoms with Crippen LogP contribution in [0.3, 0.4) is 0 Å². The number of hydrogen-bond donors (Lipinski definition) is 0. The molecule has 122 valence electrons. The van der Waals surface area contributed by atoms with E-state index >= 15 is 0 Å². The molecule has 0 fully saturated rings. The first-order chi connectivity index (χ1) is 10.8. The Hall–Kier alpha value is -1.92. The Labute approximate surface area is 138 Å². The van der Waals surface area contributed by atoms with Crippen LogP contribution in [0.15, 0.2) is 79.1 Å². The Morgan fingerprint density at radius 2 is 1.48 bits per heavy atom. The van der Waals surface area contributed by atoms with Gasteiger partial charge in [0, 0.05) is 4.91 Å². The van der Waals surface area contributed by atoms with Crippen molar-refractivity contribution in [1.82, 2.24) is 0 Å². The lowest BCUT2D eigenvalue weighted by molar-refractivity contribution is 0.598. The normalized spacial score (nSPS) is 15.0. The zero-order chi connectivity index (χ0) is 17.1. The van der Waals surface area contributed by atoms with E-state index in [0.29, 0.717) is 9.80 Å². The average Bonchev–Trinajstić information content (AvgIpc) is 2.54. The molecule has 0 aliphatic carbocycles. The summed E-state index contributed by atoms with van der Waals surface area (Å²) in [4.78, 5) is 0.835. The van der Waals surface area contributed by atoms with E-state index < -0.39 is 19.8 Å². The summed E-state index contributed by atoms with van der Waals surface area (Å²) in [5.41, 5.74) is 0.942. The van der Waals surface area contributed by atoms with Crippen LogP contribution in [0.5, 0.6) is 0 Å². The maximum absolute atomic E-state index is 13.4. The summed E-state index contributed by atoms with van der Waals surface area (Å²) < 4.78 is 42.3. The SMILES string of the molecule is C/C=C(\C)S(=O)(=NS(=O)(=O)c1ccc(C)cc1)c1ccccc1. The van der Waals surface area contributed by atoms with Gasteiger partial charge in [-0.15, -0.1) is 0 Å². The third-order valence-corrected chi connectivity index (χ3v) is 7.94. The molecule has 2 aromatic carbocycles. The number of allylic oxidation sites excluding steroid dienone is 2. The molecule has 0 aliphatic rings. The lowest BCUT2D eigenvalue weighted by Gasteiger charge is -2.11. The van der Waals surface area contributed by atoms with E-state index in [1.165, 1.54) is 12.1 Å². The van der Waals surface area contributed by atoms with E-state index in [4.69, 9.17) is 0 Å². The lowest BCUT2D eigenvalue weighted by Crippen LogP contribution is -2.07. The summed E-state index contributed by atoms with van der Waals surface area (Å²) in [6, 6.07) is 14.8. The highest BCUT2D eigenvalue weighted by atomic mass is 32.3. The minimum Gasteiger partial charge on any atom is -0.239 e. The van der Waals surface area contributed by atoms with Crippen LogP contribution >= 0.6 is 0 Å². The zero-order valence-corrected chi connectivity index (χ0v) is 14.9. The molecule has 2 rings (SSSR count). The maximum Gasteiger partial charge on any atom is 0.290 e. The van der Waals surface area contributed by atoms with Gasteiger partial charge >= 0.3 is 0 Å². The van der Waals surface area contributed by atoms with Crippen molar-refractivity contribution in [3.8, 4) is 0 Å². The number of benzene rings is 2. The molecule has 2 aromatic rings. The quantitative estimate of drug-likeness (QED) is 0.833. The predicted octanol–water partition coefficient (Wildman–Crippen LogP) is 4.13. The Morgan fingerprint density at radius 1 is 0.913 bits per heavy atom. The van der Waals surface area contributed by atoms with Crippen molar-refractivity contribution >= 4 is 19.8 Å². The van der Waals surface area contributed by atoms with E-state index in [0.717, 1.165) is 5.56 Å². The van der Waals surface area contributed by atoms with Gasteiger partial charge in [0.1, 0.15) is 9.73 Å². The summed E-state index contributed by atoms with van der Waals surface area (Å²) >= 11 is 0. The second-order valence-electron chi connectivity index (χ2n) is 5.10. The molecule has 4 nitrogen and oxygen atoms in total. The van der Waals surface area contributed by atoms with Gasteiger partial charge in [0.15, 0.2) is 0 Å². The fourth-order valence-corrected chi connectivity index (χ4v) is 5.91. The van der Waals surface area contributed by atoms with Gasteiger partial charge in [-0.25, -0.2) is 4.21 Å². The molecule has 0 saturated carbocycles. The van der Waals surface area contributed by atoms with Crippen LogP contribution in [0.2, 0.25) is 0 Å². The number of rotatable bonds is 4. The van der Waals surface area contributed by atoms with Crippen LogP contribution in [0.25, 0.3) is 0 Å². The molecule has 0 heterocycles.